The van der Waals surface area contributed by atoms with Gasteiger partial charge in [-0.25, -0.2) is 0 Å². The summed E-state index contributed by atoms with van der Waals surface area (Å²) in [5.74, 6) is 2.06. The Bertz CT molecular complexity index is 333. The Morgan fingerprint density at radius 1 is 1.60 bits per heavy atom. The van der Waals surface area contributed by atoms with Crippen molar-refractivity contribution in [2.24, 2.45) is 5.92 Å². The topological polar surface area (TPSA) is 60.2 Å². The van der Waals surface area contributed by atoms with Crippen molar-refractivity contribution in [3.05, 3.63) is 0 Å². The van der Waals surface area contributed by atoms with Crippen LogP contribution in [-0.2, 0) is 0 Å². The molecule has 0 bridgehead atoms. The number of nitrogens with zero attached hydrogens (tertiary/aromatic N) is 1. The summed E-state index contributed by atoms with van der Waals surface area (Å²) >= 11 is 1.38. The van der Waals surface area contributed by atoms with E-state index < -0.39 is 0 Å². The van der Waals surface area contributed by atoms with Crippen molar-refractivity contribution in [3.8, 4) is 5.75 Å². The van der Waals surface area contributed by atoms with E-state index in [1.807, 2.05) is 6.92 Å². The molecule has 1 heterocycles. The molecule has 1 aliphatic rings. The highest BCUT2D eigenvalue weighted by Crippen LogP contribution is 2.38. The van der Waals surface area contributed by atoms with Crippen LogP contribution in [-0.4, -0.2) is 17.0 Å². The third kappa shape index (κ3) is 2.17. The van der Waals surface area contributed by atoms with E-state index >= 15 is 0 Å². The van der Waals surface area contributed by atoms with Gasteiger partial charge < -0.3 is 15.8 Å². The second-order valence-corrected chi connectivity index (χ2v) is 4.85. The summed E-state index contributed by atoms with van der Waals surface area (Å²) < 4.78 is 9.56. The van der Waals surface area contributed by atoms with Gasteiger partial charge in [-0.1, -0.05) is 6.92 Å². The van der Waals surface area contributed by atoms with E-state index in [0.29, 0.717) is 18.5 Å². The number of nitrogens with one attached hydrogen (secondary N) is 1. The van der Waals surface area contributed by atoms with Crippen LogP contribution in [0.2, 0.25) is 0 Å². The molecule has 0 aliphatic heterocycles. The highest BCUT2D eigenvalue weighted by Gasteiger charge is 2.27. The minimum atomic E-state index is 0.497. The first-order valence-electron chi connectivity index (χ1n) is 5.35. The van der Waals surface area contributed by atoms with Gasteiger partial charge in [0.2, 0.25) is 0 Å². The summed E-state index contributed by atoms with van der Waals surface area (Å²) in [6.45, 7) is 4.84. The molecule has 1 fully saturated rings. The van der Waals surface area contributed by atoms with Gasteiger partial charge in [0, 0.05) is 6.04 Å². The Hall–Kier alpha value is -0.970. The van der Waals surface area contributed by atoms with E-state index in [-0.39, 0.29) is 0 Å². The van der Waals surface area contributed by atoms with Crippen molar-refractivity contribution in [3.63, 3.8) is 0 Å². The Morgan fingerprint density at radius 3 is 2.93 bits per heavy atom. The number of nitrogens with two attached hydrogens (primary N) is 1. The monoisotopic (exact) mass is 227 g/mol. The third-order valence-electron chi connectivity index (χ3n) is 2.67. The molecule has 1 aromatic heterocycles. The normalized spacial score (nSPS) is 24.7. The molecule has 0 spiro atoms. The number of aromatic nitrogens is 1. The molecule has 15 heavy (non-hydrogen) atoms. The molecule has 4 nitrogen and oxygen atoms in total. The lowest BCUT2D eigenvalue weighted by molar-refractivity contribution is 0.306. The molecule has 1 aromatic rings. The molecule has 0 amide bonds. The zero-order valence-electron chi connectivity index (χ0n) is 9.12. The Kier molecular flexibility index (Phi) is 3.00. The fourth-order valence-electron chi connectivity index (χ4n) is 1.88. The highest BCUT2D eigenvalue weighted by molar-refractivity contribution is 7.11. The lowest BCUT2D eigenvalue weighted by Crippen LogP contribution is -2.33. The Labute approximate surface area is 94.0 Å². The minimum Gasteiger partial charge on any atom is -0.487 e. The van der Waals surface area contributed by atoms with Gasteiger partial charge in [0.15, 0.2) is 16.6 Å². The molecule has 2 rings (SSSR count). The maximum absolute atomic E-state index is 5.72. The molecule has 0 saturated heterocycles. The second kappa shape index (κ2) is 4.26. The van der Waals surface area contributed by atoms with Crippen LogP contribution in [0.4, 0.5) is 10.8 Å². The fourth-order valence-corrected chi connectivity index (χ4v) is 2.61. The quantitative estimate of drug-likeness (QED) is 0.828. The lowest BCUT2D eigenvalue weighted by atomic mass is 9.82. The van der Waals surface area contributed by atoms with Gasteiger partial charge in [0.05, 0.1) is 6.61 Å². The van der Waals surface area contributed by atoms with Gasteiger partial charge in [0.25, 0.3) is 0 Å². The minimum absolute atomic E-state index is 0.497. The molecule has 0 unspecified atom stereocenters. The molecular formula is C10H17N3OS. The largest absolute Gasteiger partial charge is 0.487 e. The van der Waals surface area contributed by atoms with Crippen LogP contribution in [0, 0.1) is 5.92 Å². The van der Waals surface area contributed by atoms with E-state index in [1.165, 1.54) is 24.4 Å². The maximum atomic E-state index is 5.72. The summed E-state index contributed by atoms with van der Waals surface area (Å²) in [7, 11) is 0. The first kappa shape index (κ1) is 10.5. The second-order valence-electron chi connectivity index (χ2n) is 4.08. The van der Waals surface area contributed by atoms with Crippen LogP contribution in [0.5, 0.6) is 5.75 Å². The number of anilines is 2. The van der Waals surface area contributed by atoms with E-state index in [2.05, 4.69) is 16.6 Å². The van der Waals surface area contributed by atoms with Crippen molar-refractivity contribution in [1.82, 2.24) is 4.37 Å². The SMILES string of the molecule is CCOc1c(N)nsc1NC1CC(C)C1. The van der Waals surface area contributed by atoms with Gasteiger partial charge in [-0.3, -0.25) is 0 Å². The van der Waals surface area contributed by atoms with Gasteiger partial charge >= 0.3 is 0 Å². The van der Waals surface area contributed by atoms with Crippen LogP contribution in [0.1, 0.15) is 26.7 Å². The van der Waals surface area contributed by atoms with Crippen molar-refractivity contribution in [2.45, 2.75) is 32.7 Å². The van der Waals surface area contributed by atoms with Crippen LogP contribution < -0.4 is 15.8 Å². The molecule has 84 valence electrons. The zero-order valence-corrected chi connectivity index (χ0v) is 9.93. The number of rotatable bonds is 4. The predicted octanol–water partition coefficient (Wildman–Crippen LogP) is 2.33. The van der Waals surface area contributed by atoms with Crippen molar-refractivity contribution >= 4 is 22.4 Å². The van der Waals surface area contributed by atoms with Crippen LogP contribution >= 0.6 is 11.5 Å². The van der Waals surface area contributed by atoms with Gasteiger partial charge in [-0.15, -0.1) is 0 Å². The predicted molar refractivity (Wildman–Crippen MR) is 63.5 cm³/mol. The van der Waals surface area contributed by atoms with Crippen molar-refractivity contribution in [1.29, 1.82) is 0 Å². The number of hydrogen-bond donors (Lipinski definition) is 2. The van der Waals surface area contributed by atoms with E-state index in [4.69, 9.17) is 10.5 Å². The number of ether oxygens (including phenoxy) is 1. The first-order chi connectivity index (χ1) is 7.20. The summed E-state index contributed by atoms with van der Waals surface area (Å²) in [5, 5.41) is 4.41. The smallest absolute Gasteiger partial charge is 0.197 e. The Balaban J connectivity index is 2.01. The van der Waals surface area contributed by atoms with Gasteiger partial charge in [-0.2, -0.15) is 4.37 Å². The maximum Gasteiger partial charge on any atom is 0.197 e. The summed E-state index contributed by atoms with van der Waals surface area (Å²) in [6.07, 6.45) is 2.45. The summed E-state index contributed by atoms with van der Waals surface area (Å²) in [4.78, 5) is 0. The third-order valence-corrected chi connectivity index (χ3v) is 3.45. The highest BCUT2D eigenvalue weighted by atomic mass is 32.1. The van der Waals surface area contributed by atoms with Crippen molar-refractivity contribution in [2.75, 3.05) is 17.7 Å². The fraction of sp³-hybridized carbons (Fsp3) is 0.700. The molecular weight excluding hydrogens is 210 g/mol. The molecule has 3 N–H and O–H groups in total. The van der Waals surface area contributed by atoms with Gasteiger partial charge in [-0.05, 0) is 37.2 Å². The van der Waals surface area contributed by atoms with Crippen molar-refractivity contribution < 1.29 is 4.74 Å². The molecule has 0 radical (unpaired) electrons. The molecule has 0 atom stereocenters. The average molecular weight is 227 g/mol. The van der Waals surface area contributed by atoms with E-state index in [9.17, 15) is 0 Å². The first-order valence-corrected chi connectivity index (χ1v) is 6.12. The summed E-state index contributed by atoms with van der Waals surface area (Å²) in [5.41, 5.74) is 5.72. The molecule has 1 saturated carbocycles. The van der Waals surface area contributed by atoms with Crippen LogP contribution in [0.15, 0.2) is 0 Å². The van der Waals surface area contributed by atoms with E-state index in [1.54, 1.807) is 0 Å². The molecule has 5 heteroatoms. The standard InChI is InChI=1S/C10H17N3OS/c1-3-14-8-9(11)13-15-10(8)12-7-4-6(2)5-7/h6-7,12H,3-5H2,1-2H3,(H2,11,13). The van der Waals surface area contributed by atoms with Crippen LogP contribution in [0.3, 0.4) is 0 Å². The summed E-state index contributed by atoms with van der Waals surface area (Å²) in [6, 6.07) is 0.569. The average Bonchev–Trinajstić information content (AvgIpc) is 2.48. The number of nitrogen functional groups attached to an aromatic ring is 1. The van der Waals surface area contributed by atoms with E-state index in [0.717, 1.165) is 16.7 Å². The van der Waals surface area contributed by atoms with Gasteiger partial charge in [0.1, 0.15) is 0 Å². The number of hydrogen-bond acceptors (Lipinski definition) is 5. The lowest BCUT2D eigenvalue weighted by Gasteiger charge is -2.33. The van der Waals surface area contributed by atoms with Crippen LogP contribution in [0.25, 0.3) is 0 Å². The molecule has 1 aliphatic carbocycles. The zero-order chi connectivity index (χ0) is 10.8. The Morgan fingerprint density at radius 2 is 2.33 bits per heavy atom. The molecule has 0 aromatic carbocycles.